The van der Waals surface area contributed by atoms with Crippen molar-refractivity contribution in [2.24, 2.45) is 5.41 Å². The van der Waals surface area contributed by atoms with Crippen LogP contribution in [0.2, 0.25) is 0 Å². The third-order valence-corrected chi connectivity index (χ3v) is 4.02. The second kappa shape index (κ2) is 6.85. The van der Waals surface area contributed by atoms with Crippen LogP contribution in [0.5, 0.6) is 0 Å². The highest BCUT2D eigenvalue weighted by atomic mass is 16.5. The zero-order valence-corrected chi connectivity index (χ0v) is 13.2. The molecule has 1 rings (SSSR count). The van der Waals surface area contributed by atoms with Crippen molar-refractivity contribution in [2.75, 3.05) is 6.61 Å². The minimum Gasteiger partial charge on any atom is -0.367 e. The van der Waals surface area contributed by atoms with Crippen molar-refractivity contribution in [2.45, 2.75) is 65.9 Å². The van der Waals surface area contributed by atoms with Gasteiger partial charge in [0.05, 0.1) is 6.07 Å². The van der Waals surface area contributed by atoms with E-state index in [1.165, 1.54) is 0 Å². The van der Waals surface area contributed by atoms with Gasteiger partial charge in [-0.25, -0.2) is 0 Å². The van der Waals surface area contributed by atoms with Crippen molar-refractivity contribution < 1.29 is 9.26 Å². The van der Waals surface area contributed by atoms with Gasteiger partial charge in [-0.15, -0.1) is 0 Å². The molecule has 1 aromatic rings. The van der Waals surface area contributed by atoms with Crippen LogP contribution in [-0.4, -0.2) is 16.7 Å². The Morgan fingerprint density at radius 3 is 2.45 bits per heavy atom. The normalized spacial score (nSPS) is 17.2. The Kier molecular flexibility index (Phi) is 5.70. The first kappa shape index (κ1) is 16.6. The minimum atomic E-state index is -0.506. The van der Waals surface area contributed by atoms with E-state index in [1.54, 1.807) is 0 Å². The summed E-state index contributed by atoms with van der Waals surface area (Å²) in [6.07, 6.45) is 2.78. The van der Waals surface area contributed by atoms with E-state index in [9.17, 15) is 0 Å². The molecule has 1 aromatic heterocycles. The maximum absolute atomic E-state index is 8.92. The number of aromatic nitrogens is 2. The lowest BCUT2D eigenvalue weighted by Gasteiger charge is -2.24. The number of rotatable bonds is 8. The average molecular weight is 279 g/mol. The van der Waals surface area contributed by atoms with Crippen LogP contribution in [-0.2, 0) is 16.8 Å². The summed E-state index contributed by atoms with van der Waals surface area (Å²) in [5, 5.41) is 13.0. The Balaban J connectivity index is 2.89. The molecule has 2 atom stereocenters. The van der Waals surface area contributed by atoms with E-state index in [1.807, 2.05) is 20.8 Å². The monoisotopic (exact) mass is 279 g/mol. The van der Waals surface area contributed by atoms with E-state index in [0.717, 1.165) is 12.8 Å². The van der Waals surface area contributed by atoms with Gasteiger partial charge in [-0.1, -0.05) is 25.9 Å². The van der Waals surface area contributed by atoms with E-state index in [4.69, 9.17) is 14.5 Å². The van der Waals surface area contributed by atoms with Gasteiger partial charge in [0.1, 0.15) is 5.60 Å². The molecule has 0 spiro atoms. The summed E-state index contributed by atoms with van der Waals surface area (Å²) in [6, 6.07) is 2.23. The molecular weight excluding hydrogens is 254 g/mol. The first-order chi connectivity index (χ1) is 9.43. The molecule has 0 aliphatic rings. The van der Waals surface area contributed by atoms with Crippen molar-refractivity contribution >= 4 is 0 Å². The predicted octanol–water partition coefficient (Wildman–Crippen LogP) is 3.60. The Morgan fingerprint density at radius 2 is 1.95 bits per heavy atom. The first-order valence-electron chi connectivity index (χ1n) is 7.27. The van der Waals surface area contributed by atoms with Crippen molar-refractivity contribution in [3.63, 3.8) is 0 Å². The highest BCUT2D eigenvalue weighted by Crippen LogP contribution is 2.31. The summed E-state index contributed by atoms with van der Waals surface area (Å²) >= 11 is 0. The third-order valence-electron chi connectivity index (χ3n) is 4.02. The lowest BCUT2D eigenvalue weighted by atomic mass is 9.81. The van der Waals surface area contributed by atoms with Crippen LogP contribution in [0.1, 0.15) is 65.6 Å². The quantitative estimate of drug-likeness (QED) is 0.727. The number of nitrogens with zero attached hydrogens (tertiary/aromatic N) is 3. The van der Waals surface area contributed by atoms with Crippen LogP contribution >= 0.6 is 0 Å². The number of ether oxygens (including phenoxy) is 1. The summed E-state index contributed by atoms with van der Waals surface area (Å²) in [6.45, 7) is 10.7. The molecule has 0 amide bonds. The summed E-state index contributed by atoms with van der Waals surface area (Å²) in [7, 11) is 0. The second-order valence-electron chi connectivity index (χ2n) is 5.71. The Bertz CT molecular complexity index is 466. The van der Waals surface area contributed by atoms with Gasteiger partial charge in [-0.3, -0.25) is 0 Å². The van der Waals surface area contributed by atoms with Gasteiger partial charge in [-0.05, 0) is 32.1 Å². The Hall–Kier alpha value is -1.41. The van der Waals surface area contributed by atoms with Gasteiger partial charge in [0.2, 0.25) is 11.7 Å². The van der Waals surface area contributed by atoms with Crippen LogP contribution in [0.3, 0.4) is 0 Å². The highest BCUT2D eigenvalue weighted by Gasteiger charge is 2.32. The maximum atomic E-state index is 8.92. The third kappa shape index (κ3) is 3.80. The molecule has 0 aromatic carbocycles. The van der Waals surface area contributed by atoms with Crippen LogP contribution in [0, 0.1) is 16.7 Å². The molecule has 0 aliphatic heterocycles. The fourth-order valence-electron chi connectivity index (χ4n) is 2.05. The van der Waals surface area contributed by atoms with Crippen LogP contribution in [0.4, 0.5) is 0 Å². The topological polar surface area (TPSA) is 71.9 Å². The molecule has 112 valence electrons. The molecular formula is C15H25N3O2. The van der Waals surface area contributed by atoms with E-state index in [2.05, 4.69) is 30.1 Å². The summed E-state index contributed by atoms with van der Waals surface area (Å²) < 4.78 is 11.1. The standard InChI is InChI=1S/C15H25N3O2/c1-6-14(4,9-10-16)11-12-17-13(18-20-12)15(5,7-2)19-8-3/h6-9,11H2,1-5H3. The summed E-state index contributed by atoms with van der Waals surface area (Å²) in [4.78, 5) is 4.47. The number of hydrogen-bond donors (Lipinski definition) is 0. The van der Waals surface area contributed by atoms with E-state index in [0.29, 0.717) is 31.2 Å². The molecule has 0 saturated carbocycles. The van der Waals surface area contributed by atoms with Crippen molar-refractivity contribution in [1.29, 1.82) is 5.26 Å². The highest BCUT2D eigenvalue weighted by molar-refractivity contribution is 5.01. The first-order valence-corrected chi connectivity index (χ1v) is 7.27. The Morgan fingerprint density at radius 1 is 1.25 bits per heavy atom. The maximum Gasteiger partial charge on any atom is 0.227 e. The van der Waals surface area contributed by atoms with Crippen LogP contribution in [0.15, 0.2) is 4.52 Å². The van der Waals surface area contributed by atoms with Crippen molar-refractivity contribution in [1.82, 2.24) is 10.1 Å². The van der Waals surface area contributed by atoms with Gasteiger partial charge in [0.25, 0.3) is 0 Å². The largest absolute Gasteiger partial charge is 0.367 e. The van der Waals surface area contributed by atoms with Gasteiger partial charge in [0.15, 0.2) is 0 Å². The van der Waals surface area contributed by atoms with Gasteiger partial charge < -0.3 is 9.26 Å². The van der Waals surface area contributed by atoms with E-state index >= 15 is 0 Å². The summed E-state index contributed by atoms with van der Waals surface area (Å²) in [5.74, 6) is 1.17. The zero-order chi connectivity index (χ0) is 15.2. The molecule has 0 saturated heterocycles. The molecule has 0 radical (unpaired) electrons. The lowest BCUT2D eigenvalue weighted by Crippen LogP contribution is -2.26. The molecule has 0 N–H and O–H groups in total. The smallest absolute Gasteiger partial charge is 0.227 e. The van der Waals surface area contributed by atoms with Crippen molar-refractivity contribution in [3.05, 3.63) is 11.7 Å². The number of nitriles is 1. The minimum absolute atomic E-state index is 0.118. The molecule has 20 heavy (non-hydrogen) atoms. The molecule has 5 heteroatoms. The lowest BCUT2D eigenvalue weighted by molar-refractivity contribution is -0.0403. The molecule has 0 bridgehead atoms. The van der Waals surface area contributed by atoms with E-state index in [-0.39, 0.29) is 5.41 Å². The molecule has 0 fully saturated rings. The zero-order valence-electron chi connectivity index (χ0n) is 13.2. The van der Waals surface area contributed by atoms with Gasteiger partial charge in [-0.2, -0.15) is 10.2 Å². The second-order valence-corrected chi connectivity index (χ2v) is 5.71. The van der Waals surface area contributed by atoms with Gasteiger partial charge >= 0.3 is 0 Å². The van der Waals surface area contributed by atoms with Gasteiger partial charge in [0, 0.05) is 19.4 Å². The number of hydrogen-bond acceptors (Lipinski definition) is 5. The molecule has 2 unspecified atom stereocenters. The molecule has 0 aliphatic carbocycles. The molecule has 5 nitrogen and oxygen atoms in total. The summed E-state index contributed by atoms with van der Waals surface area (Å²) in [5.41, 5.74) is -0.624. The van der Waals surface area contributed by atoms with E-state index < -0.39 is 5.60 Å². The fraction of sp³-hybridized carbons (Fsp3) is 0.800. The van der Waals surface area contributed by atoms with Crippen molar-refractivity contribution in [3.8, 4) is 6.07 Å². The average Bonchev–Trinajstić information content (AvgIpc) is 2.88. The fourth-order valence-corrected chi connectivity index (χ4v) is 2.05. The predicted molar refractivity (Wildman–Crippen MR) is 75.9 cm³/mol. The SMILES string of the molecule is CCOC(C)(CC)c1noc(CC(C)(CC)CC#N)n1. The van der Waals surface area contributed by atoms with Crippen LogP contribution in [0.25, 0.3) is 0 Å². The Labute approximate surface area is 121 Å². The molecule has 1 heterocycles. The van der Waals surface area contributed by atoms with Crippen LogP contribution < -0.4 is 0 Å².